The number of esters is 1. The average molecular weight is 378 g/mol. The molecular formula is C18H20BrNO3. The van der Waals surface area contributed by atoms with E-state index < -0.39 is 0 Å². The smallest absolute Gasteiger partial charge is 0.338 e. The lowest BCUT2D eigenvalue weighted by Gasteiger charge is -2.43. The van der Waals surface area contributed by atoms with Gasteiger partial charge >= 0.3 is 5.97 Å². The number of nitrogens with zero attached hydrogens (tertiary/aromatic N) is 1. The van der Waals surface area contributed by atoms with E-state index in [4.69, 9.17) is 4.74 Å². The zero-order chi connectivity index (χ0) is 16.0. The van der Waals surface area contributed by atoms with E-state index >= 15 is 0 Å². The maximum Gasteiger partial charge on any atom is 0.338 e. The number of hydrogen-bond donors (Lipinski definition) is 0. The molecule has 0 N–H and O–H groups in total. The van der Waals surface area contributed by atoms with Gasteiger partial charge in [0.1, 0.15) is 6.10 Å². The molecule has 4 nitrogen and oxygen atoms in total. The predicted molar refractivity (Wildman–Crippen MR) is 88.9 cm³/mol. The average Bonchev–Trinajstić information content (AvgIpc) is 2.94. The Kier molecular flexibility index (Phi) is 3.92. The van der Waals surface area contributed by atoms with Gasteiger partial charge in [0.05, 0.1) is 5.56 Å². The molecule has 4 atom stereocenters. The summed E-state index contributed by atoms with van der Waals surface area (Å²) in [7, 11) is 0. The Morgan fingerprint density at radius 1 is 1.17 bits per heavy atom. The number of benzene rings is 1. The van der Waals surface area contributed by atoms with Crippen molar-refractivity contribution in [2.24, 2.45) is 11.8 Å². The molecule has 5 heteroatoms. The third kappa shape index (κ3) is 2.69. The number of carbonyl (C=O) groups excluding carboxylic acids is 2. The minimum Gasteiger partial charge on any atom is -0.458 e. The van der Waals surface area contributed by atoms with Gasteiger partial charge in [-0.25, -0.2) is 4.79 Å². The number of hydrogen-bond acceptors (Lipinski definition) is 3. The first-order chi connectivity index (χ1) is 11.1. The molecule has 1 aromatic carbocycles. The van der Waals surface area contributed by atoms with Crippen LogP contribution in [0.2, 0.25) is 0 Å². The first-order valence-corrected chi connectivity index (χ1v) is 9.20. The van der Waals surface area contributed by atoms with Crippen molar-refractivity contribution in [3.63, 3.8) is 0 Å². The maximum absolute atomic E-state index is 12.5. The van der Waals surface area contributed by atoms with Gasteiger partial charge in [-0.1, -0.05) is 15.9 Å². The summed E-state index contributed by atoms with van der Waals surface area (Å²) in [6.45, 7) is 0.879. The quantitative estimate of drug-likeness (QED) is 0.742. The van der Waals surface area contributed by atoms with E-state index in [1.807, 2.05) is 12.1 Å². The Bertz CT molecular complexity index is 630. The minimum atomic E-state index is -0.273. The van der Waals surface area contributed by atoms with Crippen LogP contribution >= 0.6 is 15.9 Å². The molecule has 2 bridgehead atoms. The van der Waals surface area contributed by atoms with Crippen LogP contribution in [-0.4, -0.2) is 35.5 Å². The standard InChI is InChI=1S/C18H20BrNO3/c19-13-6-4-11(5-7-13)18(22)23-16-10-12-9-14(16)15-3-1-2-8-20(15)17(12)21/h4-7,12,14-16H,1-3,8-10H2/t12-,14-,15-,16-/m0/s1. The van der Waals surface area contributed by atoms with Crippen molar-refractivity contribution in [3.8, 4) is 0 Å². The highest BCUT2D eigenvalue weighted by molar-refractivity contribution is 9.10. The molecule has 1 aliphatic carbocycles. The van der Waals surface area contributed by atoms with E-state index in [2.05, 4.69) is 20.8 Å². The molecule has 0 aromatic heterocycles. The van der Waals surface area contributed by atoms with Gasteiger partial charge in [0, 0.05) is 28.9 Å². The van der Waals surface area contributed by atoms with Crippen LogP contribution in [0.4, 0.5) is 0 Å². The van der Waals surface area contributed by atoms with Crippen molar-refractivity contribution in [1.29, 1.82) is 0 Å². The lowest BCUT2D eigenvalue weighted by molar-refractivity contribution is -0.143. The molecular weight excluding hydrogens is 358 g/mol. The first-order valence-electron chi connectivity index (χ1n) is 8.40. The zero-order valence-corrected chi connectivity index (χ0v) is 14.5. The fourth-order valence-electron chi connectivity index (χ4n) is 4.48. The largest absolute Gasteiger partial charge is 0.458 e. The van der Waals surface area contributed by atoms with E-state index in [0.717, 1.165) is 30.3 Å². The fourth-order valence-corrected chi connectivity index (χ4v) is 4.74. The highest BCUT2D eigenvalue weighted by Crippen LogP contribution is 2.45. The van der Waals surface area contributed by atoms with E-state index in [1.165, 1.54) is 6.42 Å². The molecule has 3 fully saturated rings. The second kappa shape index (κ2) is 5.93. The summed E-state index contributed by atoms with van der Waals surface area (Å²) in [5.74, 6) is 0.382. The van der Waals surface area contributed by atoms with E-state index in [0.29, 0.717) is 17.9 Å². The third-order valence-corrected chi connectivity index (χ3v) is 6.09. The summed E-state index contributed by atoms with van der Waals surface area (Å²) >= 11 is 3.37. The van der Waals surface area contributed by atoms with Gasteiger partial charge < -0.3 is 9.64 Å². The van der Waals surface area contributed by atoms with Gasteiger partial charge in [0.15, 0.2) is 0 Å². The first kappa shape index (κ1) is 15.2. The van der Waals surface area contributed by atoms with E-state index in [9.17, 15) is 9.59 Å². The SMILES string of the molecule is O=C(O[C@H]1C[C@@H]2C[C@H]1[C@@H]1CCCCN1C2=O)c1ccc(Br)cc1. The maximum atomic E-state index is 12.5. The van der Waals surface area contributed by atoms with Crippen molar-refractivity contribution in [2.75, 3.05) is 6.54 Å². The number of carbonyl (C=O) groups is 2. The zero-order valence-electron chi connectivity index (χ0n) is 12.9. The molecule has 3 aliphatic rings. The summed E-state index contributed by atoms with van der Waals surface area (Å²) in [5.41, 5.74) is 0.571. The molecule has 1 saturated carbocycles. The molecule has 2 heterocycles. The van der Waals surface area contributed by atoms with Crippen LogP contribution < -0.4 is 0 Å². The molecule has 0 radical (unpaired) electrons. The lowest BCUT2D eigenvalue weighted by Crippen LogP contribution is -2.52. The van der Waals surface area contributed by atoms with Crippen LogP contribution in [0.1, 0.15) is 42.5 Å². The summed E-state index contributed by atoms with van der Waals surface area (Å²) in [6.07, 6.45) is 4.79. The molecule has 23 heavy (non-hydrogen) atoms. The van der Waals surface area contributed by atoms with Gasteiger partial charge in [-0.2, -0.15) is 0 Å². The second-order valence-electron chi connectivity index (χ2n) is 6.88. The molecule has 0 unspecified atom stereocenters. The Hall–Kier alpha value is -1.36. The fraction of sp³-hybridized carbons (Fsp3) is 0.556. The monoisotopic (exact) mass is 377 g/mol. The van der Waals surface area contributed by atoms with Crippen LogP contribution in [0.5, 0.6) is 0 Å². The molecule has 2 aliphatic heterocycles. The number of rotatable bonds is 2. The normalized spacial score (nSPS) is 32.6. The number of halogens is 1. The van der Waals surface area contributed by atoms with Crippen molar-refractivity contribution >= 4 is 27.8 Å². The topological polar surface area (TPSA) is 46.6 Å². The highest BCUT2D eigenvalue weighted by atomic mass is 79.9. The summed E-state index contributed by atoms with van der Waals surface area (Å²) in [4.78, 5) is 27.0. The van der Waals surface area contributed by atoms with Crippen LogP contribution in [0.25, 0.3) is 0 Å². The Morgan fingerprint density at radius 3 is 2.74 bits per heavy atom. The van der Waals surface area contributed by atoms with E-state index in [1.54, 1.807) is 12.1 Å². The summed E-state index contributed by atoms with van der Waals surface area (Å²) in [6, 6.07) is 7.50. The van der Waals surface area contributed by atoms with Gasteiger partial charge in [0.25, 0.3) is 0 Å². The highest BCUT2D eigenvalue weighted by Gasteiger charge is 2.52. The Labute approximate surface area is 144 Å². The molecule has 0 spiro atoms. The van der Waals surface area contributed by atoms with Crippen molar-refractivity contribution in [1.82, 2.24) is 4.90 Å². The number of fused-ring (bicyclic) bond motifs is 4. The Balaban J connectivity index is 1.50. The third-order valence-electron chi connectivity index (χ3n) is 5.57. The van der Waals surface area contributed by atoms with Gasteiger partial charge in [-0.15, -0.1) is 0 Å². The molecule has 1 amide bonds. The molecule has 1 aromatic rings. The van der Waals surface area contributed by atoms with Crippen molar-refractivity contribution < 1.29 is 14.3 Å². The van der Waals surface area contributed by atoms with Gasteiger partial charge in [0.2, 0.25) is 5.91 Å². The van der Waals surface area contributed by atoms with Gasteiger partial charge in [-0.3, -0.25) is 4.79 Å². The second-order valence-corrected chi connectivity index (χ2v) is 7.79. The molecule has 122 valence electrons. The molecule has 4 rings (SSSR count). The van der Waals surface area contributed by atoms with Crippen LogP contribution in [0.3, 0.4) is 0 Å². The predicted octanol–water partition coefficient (Wildman–Crippen LogP) is 3.40. The Morgan fingerprint density at radius 2 is 1.96 bits per heavy atom. The van der Waals surface area contributed by atoms with E-state index in [-0.39, 0.29) is 29.9 Å². The number of amides is 1. The number of piperidine rings is 2. The van der Waals surface area contributed by atoms with Crippen molar-refractivity contribution in [3.05, 3.63) is 34.3 Å². The van der Waals surface area contributed by atoms with Crippen molar-refractivity contribution in [2.45, 2.75) is 44.2 Å². The number of ether oxygens (including phenoxy) is 1. The minimum absolute atomic E-state index is 0.0528. The van der Waals surface area contributed by atoms with Crippen LogP contribution in [-0.2, 0) is 9.53 Å². The summed E-state index contributed by atoms with van der Waals surface area (Å²) < 4.78 is 6.75. The van der Waals surface area contributed by atoms with Crippen LogP contribution in [0.15, 0.2) is 28.7 Å². The summed E-state index contributed by atoms with van der Waals surface area (Å²) in [5, 5.41) is 0. The van der Waals surface area contributed by atoms with Gasteiger partial charge in [-0.05, 0) is 56.4 Å². The van der Waals surface area contributed by atoms with Crippen LogP contribution in [0, 0.1) is 11.8 Å². The molecule has 2 saturated heterocycles. The lowest BCUT2D eigenvalue weighted by atomic mass is 9.84.